The molecule has 0 aliphatic heterocycles. The van der Waals surface area contributed by atoms with E-state index in [0.29, 0.717) is 12.8 Å². The summed E-state index contributed by atoms with van der Waals surface area (Å²) in [6, 6.07) is 6.67. The first-order chi connectivity index (χ1) is 8.24. The van der Waals surface area contributed by atoms with Crippen molar-refractivity contribution in [3.63, 3.8) is 0 Å². The highest BCUT2D eigenvalue weighted by molar-refractivity contribution is 5.87. The standard InChI is InChI=1S/C14H12FNO/c15-11-1-6-14-10(9-11)7-8-16(14)12-2-4-13(17)5-3-12/h1-2,6-9H,3-5H2. The predicted molar refractivity (Wildman–Crippen MR) is 65.0 cm³/mol. The van der Waals surface area contributed by atoms with Crippen molar-refractivity contribution in [2.24, 2.45) is 0 Å². The Balaban J connectivity index is 2.09. The number of benzene rings is 1. The zero-order valence-corrected chi connectivity index (χ0v) is 9.32. The van der Waals surface area contributed by atoms with Gasteiger partial charge in [-0.05, 0) is 30.7 Å². The Morgan fingerprint density at radius 1 is 1.18 bits per heavy atom. The van der Waals surface area contributed by atoms with Gasteiger partial charge in [0, 0.05) is 30.1 Å². The number of nitrogens with zero attached hydrogens (tertiary/aromatic N) is 1. The van der Waals surface area contributed by atoms with Gasteiger partial charge in [-0.3, -0.25) is 4.79 Å². The van der Waals surface area contributed by atoms with E-state index in [2.05, 4.69) is 0 Å². The number of hydrogen-bond donors (Lipinski definition) is 0. The molecule has 3 rings (SSSR count). The van der Waals surface area contributed by atoms with Crippen LogP contribution in [0, 0.1) is 5.82 Å². The molecule has 0 bridgehead atoms. The number of hydrogen-bond acceptors (Lipinski definition) is 1. The first-order valence-corrected chi connectivity index (χ1v) is 5.72. The number of ketones is 1. The summed E-state index contributed by atoms with van der Waals surface area (Å²) in [4.78, 5) is 11.2. The van der Waals surface area contributed by atoms with Gasteiger partial charge < -0.3 is 4.57 Å². The van der Waals surface area contributed by atoms with E-state index in [1.807, 2.05) is 22.9 Å². The van der Waals surface area contributed by atoms with E-state index in [9.17, 15) is 9.18 Å². The number of fused-ring (bicyclic) bond motifs is 1. The predicted octanol–water partition coefficient (Wildman–Crippen LogP) is 3.37. The molecule has 1 aliphatic carbocycles. The van der Waals surface area contributed by atoms with Crippen LogP contribution >= 0.6 is 0 Å². The van der Waals surface area contributed by atoms with Crippen LogP contribution in [0.5, 0.6) is 0 Å². The van der Waals surface area contributed by atoms with Crippen molar-refractivity contribution < 1.29 is 9.18 Å². The molecule has 0 amide bonds. The first-order valence-electron chi connectivity index (χ1n) is 5.72. The largest absolute Gasteiger partial charge is 0.321 e. The third-order valence-corrected chi connectivity index (χ3v) is 3.19. The van der Waals surface area contributed by atoms with Crippen LogP contribution in [-0.2, 0) is 4.79 Å². The van der Waals surface area contributed by atoms with E-state index in [4.69, 9.17) is 0 Å². The zero-order chi connectivity index (χ0) is 11.8. The molecule has 0 N–H and O–H groups in total. The van der Waals surface area contributed by atoms with Crippen LogP contribution in [-0.4, -0.2) is 10.4 Å². The molecule has 2 aromatic rings. The highest BCUT2D eigenvalue weighted by Crippen LogP contribution is 2.26. The molecule has 1 aromatic heterocycles. The molecular weight excluding hydrogens is 217 g/mol. The van der Waals surface area contributed by atoms with Gasteiger partial charge in [-0.15, -0.1) is 0 Å². The summed E-state index contributed by atoms with van der Waals surface area (Å²) in [6.45, 7) is 0. The molecular formula is C14H12FNO. The Hall–Kier alpha value is -1.90. The maximum Gasteiger partial charge on any atom is 0.137 e. The van der Waals surface area contributed by atoms with E-state index >= 15 is 0 Å². The molecule has 2 nitrogen and oxygen atoms in total. The van der Waals surface area contributed by atoms with Gasteiger partial charge in [0.1, 0.15) is 11.6 Å². The molecule has 0 atom stereocenters. The highest BCUT2D eigenvalue weighted by atomic mass is 19.1. The summed E-state index contributed by atoms with van der Waals surface area (Å²) < 4.78 is 15.1. The maximum absolute atomic E-state index is 13.1. The molecule has 0 spiro atoms. The SMILES string of the molecule is O=C1CC=C(n2ccc3cc(F)ccc32)CC1. The topological polar surface area (TPSA) is 22.0 Å². The summed E-state index contributed by atoms with van der Waals surface area (Å²) in [7, 11) is 0. The summed E-state index contributed by atoms with van der Waals surface area (Å²) in [5, 5.41) is 0.891. The summed E-state index contributed by atoms with van der Waals surface area (Å²) in [5.74, 6) is 0.0688. The van der Waals surface area contributed by atoms with Crippen molar-refractivity contribution in [3.05, 3.63) is 42.4 Å². The average molecular weight is 229 g/mol. The van der Waals surface area contributed by atoms with E-state index in [-0.39, 0.29) is 11.6 Å². The van der Waals surface area contributed by atoms with Crippen molar-refractivity contribution in [1.82, 2.24) is 4.57 Å². The van der Waals surface area contributed by atoms with Crippen LogP contribution in [0.4, 0.5) is 4.39 Å². The van der Waals surface area contributed by atoms with E-state index in [1.165, 1.54) is 12.1 Å². The second-order valence-corrected chi connectivity index (χ2v) is 4.33. The van der Waals surface area contributed by atoms with Gasteiger partial charge in [-0.25, -0.2) is 4.39 Å². The van der Waals surface area contributed by atoms with Gasteiger partial charge in [0.05, 0.1) is 5.52 Å². The lowest BCUT2D eigenvalue weighted by molar-refractivity contribution is -0.118. The van der Waals surface area contributed by atoms with E-state index < -0.39 is 0 Å². The molecule has 0 radical (unpaired) electrons. The molecule has 17 heavy (non-hydrogen) atoms. The molecule has 1 aliphatic rings. The minimum Gasteiger partial charge on any atom is -0.321 e. The lowest BCUT2D eigenvalue weighted by Crippen LogP contribution is -2.06. The summed E-state index contributed by atoms with van der Waals surface area (Å²) in [5.41, 5.74) is 2.12. The van der Waals surface area contributed by atoms with Crippen molar-refractivity contribution in [1.29, 1.82) is 0 Å². The lowest BCUT2D eigenvalue weighted by Gasteiger charge is -2.14. The van der Waals surface area contributed by atoms with Crippen molar-refractivity contribution in [3.8, 4) is 0 Å². The summed E-state index contributed by atoms with van der Waals surface area (Å²) >= 11 is 0. The van der Waals surface area contributed by atoms with Gasteiger partial charge in [0.25, 0.3) is 0 Å². The number of carbonyl (C=O) groups is 1. The van der Waals surface area contributed by atoms with Crippen LogP contribution in [0.3, 0.4) is 0 Å². The number of allylic oxidation sites excluding steroid dienone is 2. The molecule has 0 saturated heterocycles. The fraction of sp³-hybridized carbons (Fsp3) is 0.214. The average Bonchev–Trinajstić information content (AvgIpc) is 2.73. The van der Waals surface area contributed by atoms with Crippen LogP contribution in [0.15, 0.2) is 36.5 Å². The third kappa shape index (κ3) is 1.78. The molecule has 3 heteroatoms. The molecule has 0 fully saturated rings. The first kappa shape index (κ1) is 10.3. The second-order valence-electron chi connectivity index (χ2n) is 4.33. The third-order valence-electron chi connectivity index (χ3n) is 3.19. The number of rotatable bonds is 1. The monoisotopic (exact) mass is 229 g/mol. The molecule has 0 saturated carbocycles. The van der Waals surface area contributed by atoms with Crippen molar-refractivity contribution in [2.45, 2.75) is 19.3 Å². The Bertz CT molecular complexity index is 624. The Kier molecular flexibility index (Phi) is 2.32. The Morgan fingerprint density at radius 3 is 2.82 bits per heavy atom. The van der Waals surface area contributed by atoms with Crippen LogP contribution < -0.4 is 0 Å². The maximum atomic E-state index is 13.1. The van der Waals surface area contributed by atoms with Gasteiger partial charge in [-0.2, -0.15) is 0 Å². The number of halogens is 1. The Labute approximate surface area is 98.4 Å². The smallest absolute Gasteiger partial charge is 0.137 e. The van der Waals surface area contributed by atoms with Crippen molar-refractivity contribution in [2.75, 3.05) is 0 Å². The van der Waals surface area contributed by atoms with Gasteiger partial charge in [0.2, 0.25) is 0 Å². The minimum absolute atomic E-state index is 0.219. The Morgan fingerprint density at radius 2 is 2.06 bits per heavy atom. The fourth-order valence-electron chi connectivity index (χ4n) is 2.29. The quantitative estimate of drug-likeness (QED) is 0.734. The van der Waals surface area contributed by atoms with E-state index in [0.717, 1.165) is 23.0 Å². The normalized spacial score (nSPS) is 16.3. The number of carbonyl (C=O) groups excluding carboxylic acids is 1. The number of aromatic nitrogens is 1. The van der Waals surface area contributed by atoms with Crippen molar-refractivity contribution >= 4 is 22.4 Å². The van der Waals surface area contributed by atoms with E-state index in [1.54, 1.807) is 6.07 Å². The second kappa shape index (κ2) is 3.84. The lowest BCUT2D eigenvalue weighted by atomic mass is 10.0. The van der Waals surface area contributed by atoms with Gasteiger partial charge >= 0.3 is 0 Å². The fourth-order valence-corrected chi connectivity index (χ4v) is 2.29. The number of Topliss-reactive ketones (excluding diaryl/α,β-unsaturated/α-hetero) is 1. The van der Waals surface area contributed by atoms with Crippen LogP contribution in [0.25, 0.3) is 16.6 Å². The molecule has 86 valence electrons. The highest BCUT2D eigenvalue weighted by Gasteiger charge is 2.13. The van der Waals surface area contributed by atoms with Crippen LogP contribution in [0.2, 0.25) is 0 Å². The van der Waals surface area contributed by atoms with Gasteiger partial charge in [0.15, 0.2) is 0 Å². The molecule has 1 heterocycles. The van der Waals surface area contributed by atoms with Crippen LogP contribution in [0.1, 0.15) is 19.3 Å². The molecule has 1 aromatic carbocycles. The minimum atomic E-state index is -0.219. The van der Waals surface area contributed by atoms with Gasteiger partial charge in [-0.1, -0.05) is 6.08 Å². The zero-order valence-electron chi connectivity index (χ0n) is 9.32. The summed E-state index contributed by atoms with van der Waals surface area (Å²) in [6.07, 6.45) is 5.78. The molecule has 0 unspecified atom stereocenters.